The lowest BCUT2D eigenvalue weighted by Gasteiger charge is -2.10. The van der Waals surface area contributed by atoms with E-state index in [-0.39, 0.29) is 18.1 Å². The number of rotatable bonds is 10. The van der Waals surface area contributed by atoms with Crippen LogP contribution in [-0.2, 0) is 4.74 Å². The summed E-state index contributed by atoms with van der Waals surface area (Å²) in [6.45, 7) is 10.1. The maximum absolute atomic E-state index is 5.46. The second-order valence-electron chi connectivity index (χ2n) is 4.37. The van der Waals surface area contributed by atoms with E-state index in [0.717, 1.165) is 6.42 Å². The normalized spacial score (nSPS) is 10.7. The van der Waals surface area contributed by atoms with Crippen molar-refractivity contribution in [2.24, 2.45) is 0 Å². The molecule has 0 saturated heterocycles. The van der Waals surface area contributed by atoms with Gasteiger partial charge in [0.15, 0.2) is 0 Å². The topological polar surface area (TPSA) is 78.4 Å². The average Bonchev–Trinajstić information content (AvgIpc) is 2.41. The summed E-state index contributed by atoms with van der Waals surface area (Å²) in [6, 6.07) is 0.520. The minimum Gasteiger partial charge on any atom is -0.463 e. The van der Waals surface area contributed by atoms with Gasteiger partial charge >= 0.3 is 12.0 Å². The Bertz CT molecular complexity index is 388. The highest BCUT2D eigenvalue weighted by atomic mass is 16.5. The maximum atomic E-state index is 5.46. The molecule has 1 aromatic heterocycles. The maximum Gasteiger partial charge on any atom is 0.324 e. The van der Waals surface area contributed by atoms with E-state index in [1.54, 1.807) is 0 Å². The van der Waals surface area contributed by atoms with Crippen LogP contribution in [0.3, 0.4) is 0 Å². The average molecular weight is 284 g/mol. The van der Waals surface area contributed by atoms with Crippen LogP contribution in [0.5, 0.6) is 12.0 Å². The summed E-state index contributed by atoms with van der Waals surface area (Å²) in [4.78, 5) is 12.4. The number of hydrogen-bond acceptors (Lipinski definition) is 7. The Balaban J connectivity index is 2.60. The Morgan fingerprint density at radius 2 is 1.60 bits per heavy atom. The zero-order valence-corrected chi connectivity index (χ0v) is 12.7. The number of nitrogens with zero attached hydrogens (tertiary/aromatic N) is 3. The molecular formula is C13H24N4O3. The molecule has 0 spiro atoms. The van der Waals surface area contributed by atoms with Crippen molar-refractivity contribution in [2.75, 3.05) is 31.7 Å². The quantitative estimate of drug-likeness (QED) is 0.657. The van der Waals surface area contributed by atoms with E-state index in [4.69, 9.17) is 14.2 Å². The van der Waals surface area contributed by atoms with Crippen LogP contribution in [0, 0.1) is 0 Å². The van der Waals surface area contributed by atoms with Gasteiger partial charge in [-0.15, -0.1) is 4.98 Å². The Hall–Kier alpha value is -1.63. The molecule has 7 heteroatoms. The van der Waals surface area contributed by atoms with Gasteiger partial charge in [-0.2, -0.15) is 9.97 Å². The van der Waals surface area contributed by atoms with E-state index in [9.17, 15) is 0 Å². The summed E-state index contributed by atoms with van der Waals surface area (Å²) in [5.74, 6) is 0.452. The summed E-state index contributed by atoms with van der Waals surface area (Å²) < 4.78 is 16.3. The van der Waals surface area contributed by atoms with Gasteiger partial charge in [0, 0.05) is 6.54 Å². The zero-order chi connectivity index (χ0) is 14.8. The van der Waals surface area contributed by atoms with Gasteiger partial charge in [0.2, 0.25) is 5.95 Å². The van der Waals surface area contributed by atoms with Crippen LogP contribution in [-0.4, -0.2) is 47.4 Å². The van der Waals surface area contributed by atoms with E-state index >= 15 is 0 Å². The summed E-state index contributed by atoms with van der Waals surface area (Å²) in [5, 5.41) is 3.02. The molecule has 0 aliphatic carbocycles. The largest absolute Gasteiger partial charge is 0.463 e. The fourth-order valence-electron chi connectivity index (χ4n) is 1.31. The minimum absolute atomic E-state index is 0.178. The molecule has 0 radical (unpaired) electrons. The Morgan fingerprint density at radius 3 is 2.15 bits per heavy atom. The molecule has 114 valence electrons. The van der Waals surface area contributed by atoms with Gasteiger partial charge in [0.1, 0.15) is 6.61 Å². The van der Waals surface area contributed by atoms with Crippen LogP contribution in [0.15, 0.2) is 0 Å². The highest BCUT2D eigenvalue weighted by Gasteiger charge is 2.08. The first-order valence-corrected chi connectivity index (χ1v) is 7.02. The highest BCUT2D eigenvalue weighted by molar-refractivity contribution is 5.27. The molecule has 0 fully saturated rings. The first kappa shape index (κ1) is 16.4. The molecule has 0 unspecified atom stereocenters. The van der Waals surface area contributed by atoms with Crippen LogP contribution in [0.4, 0.5) is 5.95 Å². The standard InChI is InChI=1S/C13H24N4O3/c1-5-7-19-12-15-11(14-6-2)16-13(17-12)20-9-8-18-10(3)4/h10H,5-9H2,1-4H3,(H,14,15,16,17). The lowest BCUT2D eigenvalue weighted by Crippen LogP contribution is -2.14. The second-order valence-corrected chi connectivity index (χ2v) is 4.37. The van der Waals surface area contributed by atoms with Crippen molar-refractivity contribution in [3.63, 3.8) is 0 Å². The van der Waals surface area contributed by atoms with E-state index < -0.39 is 0 Å². The number of hydrogen-bond donors (Lipinski definition) is 1. The van der Waals surface area contributed by atoms with Gasteiger partial charge < -0.3 is 19.5 Å². The lowest BCUT2D eigenvalue weighted by molar-refractivity contribution is 0.0528. The molecule has 0 aliphatic heterocycles. The first-order chi connectivity index (χ1) is 9.65. The van der Waals surface area contributed by atoms with Crippen molar-refractivity contribution < 1.29 is 14.2 Å². The molecule has 7 nitrogen and oxygen atoms in total. The summed E-state index contributed by atoms with van der Waals surface area (Å²) in [7, 11) is 0. The van der Waals surface area contributed by atoms with Gasteiger partial charge in [0.05, 0.1) is 19.3 Å². The number of aromatic nitrogens is 3. The summed E-state index contributed by atoms with van der Waals surface area (Å²) >= 11 is 0. The summed E-state index contributed by atoms with van der Waals surface area (Å²) in [6.07, 6.45) is 1.07. The third-order valence-electron chi connectivity index (χ3n) is 2.13. The van der Waals surface area contributed by atoms with Crippen molar-refractivity contribution in [3.8, 4) is 12.0 Å². The van der Waals surface area contributed by atoms with Crippen LogP contribution < -0.4 is 14.8 Å². The molecule has 0 atom stereocenters. The first-order valence-electron chi connectivity index (χ1n) is 7.02. The molecular weight excluding hydrogens is 260 g/mol. The Morgan fingerprint density at radius 1 is 0.950 bits per heavy atom. The van der Waals surface area contributed by atoms with Crippen molar-refractivity contribution >= 4 is 5.95 Å². The van der Waals surface area contributed by atoms with Crippen molar-refractivity contribution in [1.82, 2.24) is 15.0 Å². The fourth-order valence-corrected chi connectivity index (χ4v) is 1.31. The van der Waals surface area contributed by atoms with Crippen LogP contribution >= 0.6 is 0 Å². The number of nitrogens with one attached hydrogen (secondary N) is 1. The molecule has 0 saturated carbocycles. The van der Waals surface area contributed by atoms with E-state index in [2.05, 4.69) is 20.3 Å². The predicted octanol–water partition coefficient (Wildman–Crippen LogP) is 1.90. The van der Waals surface area contributed by atoms with E-state index in [0.29, 0.717) is 32.3 Å². The smallest absolute Gasteiger partial charge is 0.324 e. The highest BCUT2D eigenvalue weighted by Crippen LogP contribution is 2.13. The van der Waals surface area contributed by atoms with Gasteiger partial charge in [-0.05, 0) is 27.2 Å². The number of ether oxygens (including phenoxy) is 3. The van der Waals surface area contributed by atoms with Gasteiger partial charge in [0.25, 0.3) is 0 Å². The minimum atomic E-state index is 0.178. The Labute approximate surface area is 120 Å². The molecule has 20 heavy (non-hydrogen) atoms. The predicted molar refractivity (Wildman–Crippen MR) is 76.4 cm³/mol. The van der Waals surface area contributed by atoms with Crippen LogP contribution in [0.25, 0.3) is 0 Å². The molecule has 1 aromatic rings. The van der Waals surface area contributed by atoms with E-state index in [1.165, 1.54) is 0 Å². The number of anilines is 1. The molecule has 0 aromatic carbocycles. The lowest BCUT2D eigenvalue weighted by atomic mass is 10.5. The van der Waals surface area contributed by atoms with Gasteiger partial charge in [-0.25, -0.2) is 0 Å². The molecule has 1 rings (SSSR count). The van der Waals surface area contributed by atoms with Crippen LogP contribution in [0.1, 0.15) is 34.1 Å². The molecule has 1 N–H and O–H groups in total. The van der Waals surface area contributed by atoms with Crippen molar-refractivity contribution in [2.45, 2.75) is 40.2 Å². The van der Waals surface area contributed by atoms with Crippen molar-refractivity contribution in [3.05, 3.63) is 0 Å². The molecule has 0 amide bonds. The summed E-state index contributed by atoms with van der Waals surface area (Å²) in [5.41, 5.74) is 0. The van der Waals surface area contributed by atoms with Crippen molar-refractivity contribution in [1.29, 1.82) is 0 Å². The van der Waals surface area contributed by atoms with Crippen LogP contribution in [0.2, 0.25) is 0 Å². The fraction of sp³-hybridized carbons (Fsp3) is 0.769. The monoisotopic (exact) mass is 284 g/mol. The van der Waals surface area contributed by atoms with E-state index in [1.807, 2.05) is 27.7 Å². The van der Waals surface area contributed by atoms with Gasteiger partial charge in [-0.1, -0.05) is 6.92 Å². The zero-order valence-electron chi connectivity index (χ0n) is 12.7. The molecule has 0 aliphatic rings. The molecule has 0 bridgehead atoms. The van der Waals surface area contributed by atoms with Gasteiger partial charge in [-0.3, -0.25) is 0 Å². The third-order valence-corrected chi connectivity index (χ3v) is 2.13. The molecule has 1 heterocycles. The third kappa shape index (κ3) is 6.51. The second kappa shape index (κ2) is 9.30. The SMILES string of the molecule is CCCOc1nc(NCC)nc(OCCOC(C)C)n1. The Kier molecular flexibility index (Phi) is 7.64.